The lowest BCUT2D eigenvalue weighted by Gasteiger charge is -2.38. The van der Waals surface area contributed by atoms with E-state index < -0.39 is 29.5 Å². The number of hydrogen-bond acceptors (Lipinski definition) is 7. The molecule has 0 N–H and O–H groups in total. The average molecular weight is 510 g/mol. The van der Waals surface area contributed by atoms with Crippen LogP contribution in [0.3, 0.4) is 0 Å². The highest BCUT2D eigenvalue weighted by Crippen LogP contribution is 2.48. The largest absolute Gasteiger partial charge is 0.463 e. The Labute approximate surface area is 205 Å². The summed E-state index contributed by atoms with van der Waals surface area (Å²) in [7, 11) is 0. The predicted molar refractivity (Wildman–Crippen MR) is 125 cm³/mol. The molecule has 1 aromatic rings. The zero-order chi connectivity index (χ0) is 25.3. The number of esters is 1. The molecule has 1 fully saturated rings. The van der Waals surface area contributed by atoms with E-state index >= 15 is 0 Å². The Balaban J connectivity index is 1.83. The first-order valence-electron chi connectivity index (χ1n) is 11.3. The van der Waals surface area contributed by atoms with Crippen molar-refractivity contribution in [3.8, 4) is 0 Å². The van der Waals surface area contributed by atoms with Gasteiger partial charge in [0, 0.05) is 18.8 Å². The lowest BCUT2D eigenvalue weighted by Crippen LogP contribution is -2.43. The van der Waals surface area contributed by atoms with Gasteiger partial charge in [0.25, 0.3) is 0 Å². The number of fused-ring (bicyclic) bond motifs is 1. The number of rotatable bonds is 5. The van der Waals surface area contributed by atoms with Gasteiger partial charge in [-0.2, -0.15) is 13.2 Å². The first-order chi connectivity index (χ1) is 16.6. The third-order valence-corrected chi connectivity index (χ3v) is 6.89. The van der Waals surface area contributed by atoms with Gasteiger partial charge in [0.1, 0.15) is 0 Å². The number of ether oxygens (including phenoxy) is 2. The minimum atomic E-state index is -4.87. The molecule has 3 aliphatic rings. The van der Waals surface area contributed by atoms with Crippen molar-refractivity contribution in [2.24, 2.45) is 4.99 Å². The number of allylic oxidation sites excluding steroid dienone is 1. The molecule has 0 aliphatic carbocycles. The summed E-state index contributed by atoms with van der Waals surface area (Å²) in [6.07, 6.45) is -4.91. The highest BCUT2D eigenvalue weighted by Gasteiger charge is 2.49. The number of benzene rings is 1. The maximum Gasteiger partial charge on any atom is 0.434 e. The number of aliphatic imine (C=N–C) groups is 1. The van der Waals surface area contributed by atoms with Gasteiger partial charge in [-0.25, -0.2) is 9.79 Å². The Morgan fingerprint density at radius 3 is 2.60 bits per heavy atom. The van der Waals surface area contributed by atoms with Gasteiger partial charge in [-0.3, -0.25) is 4.79 Å². The van der Waals surface area contributed by atoms with Crippen molar-refractivity contribution in [1.82, 2.24) is 9.80 Å². The maximum absolute atomic E-state index is 14.2. The molecule has 1 aromatic carbocycles. The summed E-state index contributed by atoms with van der Waals surface area (Å²) in [5.41, 5.74) is 0.696. The van der Waals surface area contributed by atoms with Gasteiger partial charge in [-0.15, -0.1) is 0 Å². The van der Waals surface area contributed by atoms with Gasteiger partial charge in [-0.1, -0.05) is 35.5 Å². The summed E-state index contributed by atoms with van der Waals surface area (Å²) < 4.78 is 52.9. The van der Waals surface area contributed by atoms with Gasteiger partial charge in [0.2, 0.25) is 5.91 Å². The Hall–Kier alpha value is -2.79. The van der Waals surface area contributed by atoms with E-state index in [1.54, 1.807) is 34.3 Å². The highest BCUT2D eigenvalue weighted by molar-refractivity contribution is 8.16. The first kappa shape index (κ1) is 25.3. The molecule has 0 radical (unpaired) electrons. The number of thioether (sulfide) groups is 1. The third-order valence-electron chi connectivity index (χ3n) is 6.00. The molecule has 11 heteroatoms. The zero-order valence-corrected chi connectivity index (χ0v) is 20.5. The van der Waals surface area contributed by atoms with Crippen LogP contribution in [0.2, 0.25) is 0 Å². The molecule has 0 aromatic heterocycles. The van der Waals surface area contributed by atoms with Crippen LogP contribution in [0.4, 0.5) is 13.2 Å². The van der Waals surface area contributed by atoms with Crippen molar-refractivity contribution in [3.05, 3.63) is 57.3 Å². The second-order valence-corrected chi connectivity index (χ2v) is 9.24. The minimum Gasteiger partial charge on any atom is -0.463 e. The van der Waals surface area contributed by atoms with E-state index in [-0.39, 0.29) is 24.1 Å². The Morgan fingerprint density at radius 2 is 1.94 bits per heavy atom. The minimum absolute atomic E-state index is 0.0369. The van der Waals surface area contributed by atoms with E-state index in [0.717, 1.165) is 17.3 Å². The molecule has 3 aliphatic heterocycles. The van der Waals surface area contributed by atoms with Crippen molar-refractivity contribution in [2.45, 2.75) is 39.4 Å². The second-order valence-electron chi connectivity index (χ2n) is 8.40. The molecular formula is C24H26F3N3O4S. The van der Waals surface area contributed by atoms with E-state index in [4.69, 9.17) is 9.47 Å². The quantitative estimate of drug-likeness (QED) is 0.554. The average Bonchev–Trinajstić information content (AvgIpc) is 3.22. The van der Waals surface area contributed by atoms with Crippen LogP contribution in [0.25, 0.3) is 0 Å². The Bertz CT molecular complexity index is 1120. The van der Waals surface area contributed by atoms with Crippen molar-refractivity contribution in [3.63, 3.8) is 0 Å². The van der Waals surface area contributed by atoms with Crippen molar-refractivity contribution in [2.75, 3.05) is 32.9 Å². The summed E-state index contributed by atoms with van der Waals surface area (Å²) in [5, 5.41) is 1.71. The van der Waals surface area contributed by atoms with Gasteiger partial charge < -0.3 is 19.3 Å². The van der Waals surface area contributed by atoms with Gasteiger partial charge >= 0.3 is 12.1 Å². The monoisotopic (exact) mass is 509 g/mol. The number of carbonyl (C=O) groups excluding carboxylic acids is 2. The number of amides is 1. The van der Waals surface area contributed by atoms with E-state index in [0.29, 0.717) is 43.1 Å². The number of aryl methyl sites for hydroxylation is 2. The number of amidine groups is 1. The van der Waals surface area contributed by atoms with Crippen LogP contribution in [-0.2, 0) is 19.1 Å². The van der Waals surface area contributed by atoms with E-state index in [9.17, 15) is 22.8 Å². The molecule has 0 unspecified atom stereocenters. The molecule has 7 nitrogen and oxygen atoms in total. The standard InChI is InChI=1S/C24H26F3N3O4S/c1-4-34-22(32)19-20(17-11-14(2)5-6-15(17)3)30-16(12-18(31)29-7-9-33-10-8-29)13-35-23(30)28-21(19)24(25,26)27/h5-6,11,13,20H,4,7-10,12H2,1-3H3/t20-/m0/s1. The van der Waals surface area contributed by atoms with Gasteiger partial charge in [0.15, 0.2) is 10.9 Å². The molecule has 1 atom stereocenters. The topological polar surface area (TPSA) is 71.4 Å². The number of morpholine rings is 1. The van der Waals surface area contributed by atoms with Crippen molar-refractivity contribution in [1.29, 1.82) is 0 Å². The van der Waals surface area contributed by atoms with Gasteiger partial charge in [0.05, 0.1) is 37.9 Å². The van der Waals surface area contributed by atoms with Crippen LogP contribution in [0, 0.1) is 13.8 Å². The van der Waals surface area contributed by atoms with E-state index in [2.05, 4.69) is 4.99 Å². The van der Waals surface area contributed by atoms with Crippen LogP contribution in [0.1, 0.15) is 36.1 Å². The summed E-state index contributed by atoms with van der Waals surface area (Å²) >= 11 is 1.01. The lowest BCUT2D eigenvalue weighted by molar-refractivity contribution is -0.140. The molecule has 35 heavy (non-hydrogen) atoms. The van der Waals surface area contributed by atoms with Crippen molar-refractivity contribution >= 4 is 28.8 Å². The number of carbonyl (C=O) groups is 2. The molecule has 0 spiro atoms. The SMILES string of the molecule is CCOC(=O)C1=C(C(F)(F)F)N=C2SC=C(CC(=O)N3CCOCC3)N2[C@H]1c1cc(C)ccc1C. The number of alkyl halides is 3. The van der Waals surface area contributed by atoms with Crippen LogP contribution in [0.5, 0.6) is 0 Å². The number of nitrogens with zero attached hydrogens (tertiary/aromatic N) is 3. The molecule has 1 amide bonds. The fourth-order valence-electron chi connectivity index (χ4n) is 4.32. The number of hydrogen-bond donors (Lipinski definition) is 0. The van der Waals surface area contributed by atoms with Crippen molar-refractivity contribution < 1.29 is 32.2 Å². The number of halogens is 3. The first-order valence-corrected chi connectivity index (χ1v) is 12.1. The second kappa shape index (κ2) is 10.1. The molecule has 4 rings (SSSR count). The summed E-state index contributed by atoms with van der Waals surface area (Å²) in [4.78, 5) is 33.1. The normalized spacial score (nSPS) is 20.5. The molecule has 0 saturated carbocycles. The molecule has 188 valence electrons. The van der Waals surface area contributed by atoms with Crippen LogP contribution in [-0.4, -0.2) is 65.9 Å². The predicted octanol–water partition coefficient (Wildman–Crippen LogP) is 4.23. The summed E-state index contributed by atoms with van der Waals surface area (Å²) in [5.74, 6) is -1.24. The molecule has 3 heterocycles. The highest BCUT2D eigenvalue weighted by atomic mass is 32.2. The molecule has 1 saturated heterocycles. The van der Waals surface area contributed by atoms with E-state index in [1.807, 2.05) is 13.0 Å². The Kier molecular flexibility index (Phi) is 7.27. The van der Waals surface area contributed by atoms with E-state index in [1.165, 1.54) is 6.92 Å². The van der Waals surface area contributed by atoms with Gasteiger partial charge in [-0.05, 0) is 37.3 Å². The fourth-order valence-corrected chi connectivity index (χ4v) is 5.24. The zero-order valence-electron chi connectivity index (χ0n) is 19.6. The smallest absolute Gasteiger partial charge is 0.434 e. The summed E-state index contributed by atoms with van der Waals surface area (Å²) in [6, 6.07) is 4.28. The maximum atomic E-state index is 14.2. The van der Waals surface area contributed by atoms with Crippen LogP contribution < -0.4 is 0 Å². The molecular weight excluding hydrogens is 483 g/mol. The third kappa shape index (κ3) is 5.11. The van der Waals surface area contributed by atoms with Crippen LogP contribution >= 0.6 is 11.8 Å². The van der Waals surface area contributed by atoms with Crippen LogP contribution in [0.15, 0.2) is 45.6 Å². The fraction of sp³-hybridized carbons (Fsp3) is 0.458. The Morgan fingerprint density at radius 1 is 1.23 bits per heavy atom. The molecule has 0 bridgehead atoms. The lowest BCUT2D eigenvalue weighted by atomic mass is 9.89. The summed E-state index contributed by atoms with van der Waals surface area (Å²) in [6.45, 7) is 6.83.